The second-order valence-electron chi connectivity index (χ2n) is 6.73. The van der Waals surface area contributed by atoms with E-state index in [1.165, 1.54) is 0 Å². The molecule has 2 N–H and O–H groups in total. The Kier molecular flexibility index (Phi) is 4.90. The normalized spacial score (nSPS) is 19.7. The number of hydrogen-bond acceptors (Lipinski definition) is 3. The molecule has 2 heterocycles. The Morgan fingerprint density at radius 2 is 1.59 bits per heavy atom. The minimum Gasteiger partial charge on any atom is -0.350 e. The Bertz CT molecular complexity index is 984. The molecule has 5 nitrogen and oxygen atoms in total. The monoisotopic (exact) mass is 379 g/mol. The number of nitrogens with zero attached hydrogens (tertiary/aromatic N) is 1. The molecule has 1 fully saturated rings. The van der Waals surface area contributed by atoms with Gasteiger partial charge in [-0.1, -0.05) is 36.4 Å². The van der Waals surface area contributed by atoms with Crippen molar-refractivity contribution in [1.29, 1.82) is 0 Å². The maximum absolute atomic E-state index is 12.6. The lowest BCUT2D eigenvalue weighted by Crippen LogP contribution is -2.63. The number of nitrogens with one attached hydrogen (secondary N) is 2. The van der Waals surface area contributed by atoms with Crippen LogP contribution < -0.4 is 10.6 Å². The SMILES string of the molecule is Cn1cc(C[C@H]2NC(=O)[C@H](CSc3ccccc3)NC2=O)c2ccccc21. The van der Waals surface area contributed by atoms with E-state index in [0.29, 0.717) is 12.2 Å². The quantitative estimate of drug-likeness (QED) is 0.670. The number of piperazine rings is 1. The van der Waals surface area contributed by atoms with E-state index in [9.17, 15) is 9.59 Å². The van der Waals surface area contributed by atoms with Crippen LogP contribution in [0.25, 0.3) is 10.9 Å². The molecule has 27 heavy (non-hydrogen) atoms. The Labute approximate surface area is 162 Å². The highest BCUT2D eigenvalue weighted by Crippen LogP contribution is 2.23. The largest absolute Gasteiger partial charge is 0.350 e. The van der Waals surface area contributed by atoms with Gasteiger partial charge in [0.1, 0.15) is 12.1 Å². The molecule has 0 unspecified atom stereocenters. The zero-order valence-corrected chi connectivity index (χ0v) is 15.8. The van der Waals surface area contributed by atoms with Crippen molar-refractivity contribution < 1.29 is 9.59 Å². The highest BCUT2D eigenvalue weighted by Gasteiger charge is 2.34. The summed E-state index contributed by atoms with van der Waals surface area (Å²) in [5, 5.41) is 6.90. The standard InChI is InChI=1S/C21H21N3O2S/c1-24-12-14(16-9-5-6-10-19(16)24)11-17-20(25)23-18(21(26)22-17)13-27-15-7-3-2-4-8-15/h2-10,12,17-18H,11,13H2,1H3,(H,22,26)(H,23,25)/t17-,18+/m1/s1. The third-order valence-electron chi connectivity index (χ3n) is 4.83. The summed E-state index contributed by atoms with van der Waals surface area (Å²) in [4.78, 5) is 26.1. The molecule has 0 spiro atoms. The van der Waals surface area contributed by atoms with E-state index in [-0.39, 0.29) is 11.8 Å². The van der Waals surface area contributed by atoms with E-state index in [1.807, 2.05) is 66.3 Å². The van der Waals surface area contributed by atoms with Gasteiger partial charge >= 0.3 is 0 Å². The predicted molar refractivity (Wildman–Crippen MR) is 108 cm³/mol. The van der Waals surface area contributed by atoms with Gasteiger partial charge in [-0.15, -0.1) is 11.8 Å². The molecule has 3 aromatic rings. The van der Waals surface area contributed by atoms with Crippen molar-refractivity contribution in [3.8, 4) is 0 Å². The summed E-state index contributed by atoms with van der Waals surface area (Å²) < 4.78 is 2.05. The molecular weight excluding hydrogens is 358 g/mol. The van der Waals surface area contributed by atoms with Gasteiger partial charge in [0.05, 0.1) is 0 Å². The van der Waals surface area contributed by atoms with Gasteiger partial charge in [0, 0.05) is 41.2 Å². The second-order valence-corrected chi connectivity index (χ2v) is 7.83. The molecule has 2 aromatic carbocycles. The number of thioether (sulfide) groups is 1. The van der Waals surface area contributed by atoms with Gasteiger partial charge in [0.15, 0.2) is 0 Å². The second kappa shape index (κ2) is 7.48. The van der Waals surface area contributed by atoms with Gasteiger partial charge in [0.25, 0.3) is 0 Å². The summed E-state index contributed by atoms with van der Waals surface area (Å²) in [5.41, 5.74) is 2.18. The highest BCUT2D eigenvalue weighted by molar-refractivity contribution is 7.99. The first kappa shape index (κ1) is 17.7. The minimum absolute atomic E-state index is 0.122. The van der Waals surface area contributed by atoms with Crippen LogP contribution in [0.4, 0.5) is 0 Å². The number of carbonyl (C=O) groups is 2. The van der Waals surface area contributed by atoms with Crippen molar-refractivity contribution in [3.05, 3.63) is 66.4 Å². The molecule has 1 aliphatic rings. The molecule has 0 radical (unpaired) electrons. The summed E-state index contributed by atoms with van der Waals surface area (Å²) in [6.07, 6.45) is 2.51. The molecule has 0 saturated carbocycles. The average Bonchev–Trinajstić information content (AvgIpc) is 3.00. The maximum Gasteiger partial charge on any atom is 0.244 e. The fourth-order valence-electron chi connectivity index (χ4n) is 3.44. The minimum atomic E-state index is -0.540. The van der Waals surface area contributed by atoms with Crippen LogP contribution in [0.15, 0.2) is 65.7 Å². The molecule has 0 aliphatic carbocycles. The van der Waals surface area contributed by atoms with Crippen LogP contribution >= 0.6 is 11.8 Å². The molecule has 2 amide bonds. The lowest BCUT2D eigenvalue weighted by Gasteiger charge is -2.29. The number of rotatable bonds is 5. The van der Waals surface area contributed by atoms with Crippen LogP contribution in [-0.4, -0.2) is 34.2 Å². The lowest BCUT2D eigenvalue weighted by atomic mass is 10.0. The molecule has 6 heteroatoms. The van der Waals surface area contributed by atoms with Crippen LogP contribution in [0.3, 0.4) is 0 Å². The van der Waals surface area contributed by atoms with Gasteiger partial charge in [-0.25, -0.2) is 0 Å². The smallest absolute Gasteiger partial charge is 0.244 e. The first-order valence-electron chi connectivity index (χ1n) is 8.93. The summed E-state index contributed by atoms with van der Waals surface area (Å²) in [7, 11) is 1.99. The van der Waals surface area contributed by atoms with Gasteiger partial charge < -0.3 is 15.2 Å². The first-order chi connectivity index (χ1) is 13.1. The predicted octanol–water partition coefficient (Wildman–Crippen LogP) is 2.50. The molecule has 138 valence electrons. The number of fused-ring (bicyclic) bond motifs is 1. The van der Waals surface area contributed by atoms with Crippen LogP contribution in [0.2, 0.25) is 0 Å². The molecule has 0 bridgehead atoms. The highest BCUT2D eigenvalue weighted by atomic mass is 32.2. The molecule has 1 aliphatic heterocycles. The van der Waals surface area contributed by atoms with Gasteiger partial charge in [-0.2, -0.15) is 0 Å². The molecule has 1 aromatic heterocycles. The van der Waals surface area contributed by atoms with Crippen LogP contribution in [0, 0.1) is 0 Å². The molecule has 1 saturated heterocycles. The van der Waals surface area contributed by atoms with E-state index in [1.54, 1.807) is 11.8 Å². The number of aromatic nitrogens is 1. The molecular formula is C21H21N3O2S. The maximum atomic E-state index is 12.6. The van der Waals surface area contributed by atoms with Crippen LogP contribution in [0.1, 0.15) is 5.56 Å². The number of hydrogen-bond donors (Lipinski definition) is 2. The van der Waals surface area contributed by atoms with E-state index >= 15 is 0 Å². The Balaban J connectivity index is 1.43. The first-order valence-corrected chi connectivity index (χ1v) is 9.92. The van der Waals surface area contributed by atoms with Gasteiger partial charge in [-0.05, 0) is 23.8 Å². The van der Waals surface area contributed by atoms with Crippen molar-refractivity contribution in [3.63, 3.8) is 0 Å². The van der Waals surface area contributed by atoms with Gasteiger partial charge in [-0.3, -0.25) is 9.59 Å². The third kappa shape index (κ3) is 3.71. The lowest BCUT2D eigenvalue weighted by molar-refractivity contribution is -0.136. The zero-order chi connectivity index (χ0) is 18.8. The summed E-state index contributed by atoms with van der Waals surface area (Å²) in [6.45, 7) is 0. The van der Waals surface area contributed by atoms with Crippen molar-refractivity contribution in [2.75, 3.05) is 5.75 Å². The molecule has 2 atom stereocenters. The van der Waals surface area contributed by atoms with Crippen molar-refractivity contribution in [2.45, 2.75) is 23.4 Å². The number of carbonyl (C=O) groups excluding carboxylic acids is 2. The fourth-order valence-corrected chi connectivity index (χ4v) is 4.38. The van der Waals surface area contributed by atoms with Crippen LogP contribution in [0.5, 0.6) is 0 Å². The molecule has 4 rings (SSSR count). The number of para-hydroxylation sites is 1. The van der Waals surface area contributed by atoms with Crippen molar-refractivity contribution >= 4 is 34.5 Å². The average molecular weight is 379 g/mol. The summed E-state index contributed by atoms with van der Waals surface area (Å²) in [6, 6.07) is 16.9. The summed E-state index contributed by atoms with van der Waals surface area (Å²) >= 11 is 1.56. The van der Waals surface area contributed by atoms with Crippen molar-refractivity contribution in [2.24, 2.45) is 7.05 Å². The third-order valence-corrected chi connectivity index (χ3v) is 5.93. The van der Waals surface area contributed by atoms with Crippen molar-refractivity contribution in [1.82, 2.24) is 15.2 Å². The van der Waals surface area contributed by atoms with Gasteiger partial charge in [0.2, 0.25) is 11.8 Å². The fraction of sp³-hybridized carbons (Fsp3) is 0.238. The van der Waals surface area contributed by atoms with Crippen LogP contribution in [-0.2, 0) is 23.1 Å². The Morgan fingerprint density at radius 3 is 2.41 bits per heavy atom. The van der Waals surface area contributed by atoms with E-state index < -0.39 is 12.1 Å². The zero-order valence-electron chi connectivity index (χ0n) is 15.0. The van der Waals surface area contributed by atoms with E-state index in [0.717, 1.165) is 21.4 Å². The Morgan fingerprint density at radius 1 is 0.926 bits per heavy atom. The topological polar surface area (TPSA) is 63.1 Å². The number of benzene rings is 2. The van der Waals surface area contributed by atoms with E-state index in [4.69, 9.17) is 0 Å². The Hall–Kier alpha value is -2.73. The summed E-state index contributed by atoms with van der Waals surface area (Å²) in [5.74, 6) is 0.271. The van der Waals surface area contributed by atoms with E-state index in [2.05, 4.69) is 16.7 Å². The number of aryl methyl sites for hydroxylation is 1. The number of amides is 2.